The summed E-state index contributed by atoms with van der Waals surface area (Å²) in [7, 11) is 59.4. The Labute approximate surface area is 489 Å². The van der Waals surface area contributed by atoms with Crippen LogP contribution in [0.3, 0.4) is 0 Å². The van der Waals surface area contributed by atoms with Gasteiger partial charge in [-0.15, -0.1) is 152 Å². The van der Waals surface area contributed by atoms with Crippen molar-refractivity contribution in [2.75, 3.05) is 7.11 Å². The second kappa shape index (κ2) is 42.9. The summed E-state index contributed by atoms with van der Waals surface area (Å²) < 4.78 is 29.9. The minimum absolute atomic E-state index is 0.0193. The topological polar surface area (TPSA) is 78.3 Å². The molecule has 0 aliphatic carbocycles. The molecule has 0 bridgehead atoms. The Kier molecular flexibility index (Phi) is 49.9. The van der Waals surface area contributed by atoms with Gasteiger partial charge in [-0.1, -0.05) is 71.4 Å². The van der Waals surface area contributed by atoms with Crippen LogP contribution >= 0.6 is 305 Å². The fourth-order valence-corrected chi connectivity index (χ4v) is 341. The highest BCUT2D eigenvalue weighted by atomic mass is 79.9. The van der Waals surface area contributed by atoms with Crippen LogP contribution in [0.2, 0.25) is 5.02 Å². The number of nitrogens with zero attached hydrogens (tertiary/aromatic N) is 2. The molecular weight excluding hydrogens is 1630 g/mol. The van der Waals surface area contributed by atoms with Gasteiger partial charge < -0.3 is 4.74 Å². The lowest BCUT2D eigenvalue weighted by Gasteiger charge is -2.50. The smallest absolute Gasteiger partial charge is 0.337 e. The molecule has 0 radical (unpaired) electrons. The largest absolute Gasteiger partial charge is 0.465 e. The van der Waals surface area contributed by atoms with E-state index in [1.807, 2.05) is 57.4 Å². The molecule has 42 heteroatoms. The highest BCUT2D eigenvalue weighted by Crippen LogP contribution is 3.35. The van der Waals surface area contributed by atoms with Gasteiger partial charge in [-0.2, -0.15) is 5.10 Å². The van der Waals surface area contributed by atoms with Crippen molar-refractivity contribution in [3.63, 3.8) is 0 Å². The van der Waals surface area contributed by atoms with Gasteiger partial charge in [0.1, 0.15) is 0 Å². The van der Waals surface area contributed by atoms with E-state index in [-0.39, 0.29) is 95.7 Å². The van der Waals surface area contributed by atoms with Gasteiger partial charge in [-0.3, -0.25) is 4.68 Å². The molecule has 0 fully saturated rings. The highest BCUT2D eigenvalue weighted by molar-refractivity contribution is 9.41. The quantitative estimate of drug-likeness (QED) is 0.0673. The van der Waals surface area contributed by atoms with E-state index in [2.05, 4.69) is 193 Å². The number of carbonyl (C=O) groups is 1. The number of aromatic nitrogens is 2. The third kappa shape index (κ3) is 32.1. The number of methoxy groups -OCH3 is 1. The lowest BCUT2D eigenvalue weighted by Crippen LogP contribution is -2.00. The SMILES string of the molecule is COC(=O)c1ccc(-c2cccc(Br)c2)c(Cl)c1.Cc1ccc(S(=O)(=O)Cl)cc1.Cc1nn(C)cc1Br.PP(P)P(P(P)P)P(P(P)P)P(P(P(P)P)P(P)P)P(P(P)P)P(P)P.PPP(P)P. The summed E-state index contributed by atoms with van der Waals surface area (Å²) in [6.07, 6.45) is 1.93. The zero-order valence-electron chi connectivity index (χ0n) is 36.5. The van der Waals surface area contributed by atoms with Crippen LogP contribution in [0.4, 0.5) is 0 Å². The molecule has 0 N–H and O–H groups in total. The van der Waals surface area contributed by atoms with Crippen LogP contribution in [-0.4, -0.2) is 31.3 Å². The minimum atomic E-state index is -3.55. The maximum Gasteiger partial charge on any atom is 0.337 e. The molecule has 68 heavy (non-hydrogen) atoms. The Hall–Kier alpha value is 11.2. The molecule has 6 nitrogen and oxygen atoms in total. The molecule has 1 heterocycles. The van der Waals surface area contributed by atoms with Crippen LogP contribution in [0.1, 0.15) is 21.6 Å². The van der Waals surface area contributed by atoms with Crippen molar-refractivity contribution in [1.29, 1.82) is 0 Å². The molecule has 0 saturated carbocycles. The number of carbonyl (C=O) groups excluding carboxylic acids is 1. The molecule has 4 aromatic rings. The summed E-state index contributed by atoms with van der Waals surface area (Å²) in [6, 6.07) is 19.3. The summed E-state index contributed by atoms with van der Waals surface area (Å²) in [5.74, 6) is -0.391. The maximum absolute atomic E-state index is 11.4. The standard InChI is InChI=1S/C14H10BrClO2.C7H7ClO2S.C5H7BrN2.H28P26.H7P5/c1-18-14(17)10-5-6-12(13(16)8-10)9-3-2-4-11(15)7-9;1-6-2-4-7(5-3-6)11(8,9)10;1-4-5(6)3-8(2)7-4;1-15(2)22(16(3)4)25(21(13)14)26(23(17(5)6)18(7)8)24(19(9)10)20(11)12;1-4-5(2)3/h2-8H,1H3;2-5H,1H3;3H,1-2H3;1-14H2;4H,1-3H2. The Morgan fingerprint density at radius 3 is 1.40 bits per heavy atom. The molecular formula is C26H59Br2Cl2N2O4P31S. The first kappa shape index (κ1) is 79.2. The van der Waals surface area contributed by atoms with Crippen molar-refractivity contribution in [3.05, 3.63) is 104 Å². The molecule has 4 rings (SSSR count). The average Bonchev–Trinajstić information content (AvgIpc) is 3.52. The van der Waals surface area contributed by atoms with E-state index in [1.54, 1.807) is 28.9 Å². The minimum Gasteiger partial charge on any atom is -0.465 e. The summed E-state index contributed by atoms with van der Waals surface area (Å²) in [5, 5.41) is 4.60. The van der Waals surface area contributed by atoms with E-state index in [4.69, 9.17) is 22.3 Å². The number of hydrogen-bond donors (Lipinski definition) is 0. The van der Waals surface area contributed by atoms with Gasteiger partial charge in [-0.05, 0) is 163 Å². The van der Waals surface area contributed by atoms with E-state index >= 15 is 0 Å². The summed E-state index contributed by atoms with van der Waals surface area (Å²) in [5.41, 5.74) is 4.36. The van der Waals surface area contributed by atoms with Crippen LogP contribution in [0.25, 0.3) is 11.1 Å². The van der Waals surface area contributed by atoms with Crippen molar-refractivity contribution in [3.8, 4) is 11.1 Å². The molecule has 3 aromatic carbocycles. The van der Waals surface area contributed by atoms with E-state index in [0.717, 1.165) is 39.3 Å². The van der Waals surface area contributed by atoms with Crippen molar-refractivity contribution < 1.29 is 17.9 Å². The number of hydrogen-bond acceptors (Lipinski definition) is 5. The highest BCUT2D eigenvalue weighted by Gasteiger charge is 2.47. The first-order chi connectivity index (χ1) is 31.3. The average molecular weight is 1690 g/mol. The van der Waals surface area contributed by atoms with Gasteiger partial charge in [0.15, 0.2) is 0 Å². The fraction of sp³-hybridized carbons (Fsp3) is 0.154. The first-order valence-electron chi connectivity index (χ1n) is 17.5. The Bertz CT molecular complexity index is 2140. The molecule has 0 aliphatic heterocycles. The number of ether oxygens (including phenoxy) is 1. The first-order valence-corrected chi connectivity index (χ1v) is 76.5. The molecule has 0 spiro atoms. The second-order valence-corrected chi connectivity index (χ2v) is 135. The number of benzene rings is 3. The lowest BCUT2D eigenvalue weighted by molar-refractivity contribution is 0.0600. The number of esters is 1. The van der Waals surface area contributed by atoms with E-state index < -0.39 is 15.0 Å². The Morgan fingerprint density at radius 1 is 0.676 bits per heavy atom. The van der Waals surface area contributed by atoms with Crippen molar-refractivity contribution in [2.45, 2.75) is 18.7 Å². The van der Waals surface area contributed by atoms with E-state index in [1.165, 1.54) is 19.2 Å². The Balaban J connectivity index is 0.000000915. The van der Waals surface area contributed by atoms with Gasteiger partial charge in [0, 0.05) is 39.0 Å². The van der Waals surface area contributed by atoms with E-state index in [0.29, 0.717) is 10.6 Å². The lowest BCUT2D eigenvalue weighted by atomic mass is 10.0. The molecule has 1 aromatic heterocycles. The second-order valence-electron chi connectivity index (χ2n) is 12.2. The monoisotopic (exact) mass is 1680 g/mol. The predicted octanol–water partition coefficient (Wildman–Crippen LogP) is 25.3. The van der Waals surface area contributed by atoms with Crippen LogP contribution in [-0.2, 0) is 20.8 Å². The summed E-state index contributed by atoms with van der Waals surface area (Å²) >= 11 is 12.9. The fourth-order valence-electron chi connectivity index (χ4n) is 4.30. The van der Waals surface area contributed by atoms with Gasteiger partial charge in [0.05, 0.1) is 27.7 Å². The number of rotatable bonds is 15. The third-order valence-electron chi connectivity index (χ3n) is 7.02. The van der Waals surface area contributed by atoms with Gasteiger partial charge in [-0.25, -0.2) is 13.2 Å². The van der Waals surface area contributed by atoms with Crippen LogP contribution in [0.15, 0.2) is 86.8 Å². The molecule has 386 valence electrons. The number of aryl methyl sites for hydroxylation is 3. The molecule has 0 saturated heterocycles. The Morgan fingerprint density at radius 2 is 1.10 bits per heavy atom. The molecule has 19 unspecified atom stereocenters. The molecule has 0 aliphatic rings. The van der Waals surface area contributed by atoms with E-state index in [9.17, 15) is 13.2 Å². The van der Waals surface area contributed by atoms with Crippen molar-refractivity contribution in [1.82, 2.24) is 9.78 Å². The van der Waals surface area contributed by atoms with Crippen molar-refractivity contribution >= 4 is 320 Å². The zero-order valence-corrected chi connectivity index (χ0v) is 74.3. The predicted molar refractivity (Wildman–Crippen MR) is 419 cm³/mol. The molecule has 19 atom stereocenters. The van der Waals surface area contributed by atoms with Gasteiger partial charge in [0.2, 0.25) is 0 Å². The number of halogens is 4. The van der Waals surface area contributed by atoms with Crippen molar-refractivity contribution in [2.24, 2.45) is 7.05 Å². The van der Waals surface area contributed by atoms with Crippen LogP contribution < -0.4 is 0 Å². The van der Waals surface area contributed by atoms with Crippen LogP contribution in [0, 0.1) is 13.8 Å². The van der Waals surface area contributed by atoms with Gasteiger partial charge in [0.25, 0.3) is 9.05 Å². The summed E-state index contributed by atoms with van der Waals surface area (Å²) in [6.45, 7) is 4.27. The third-order valence-corrected chi connectivity index (χ3v) is 189. The van der Waals surface area contributed by atoms with Gasteiger partial charge >= 0.3 is 5.97 Å². The zero-order chi connectivity index (χ0) is 53.0. The summed E-state index contributed by atoms with van der Waals surface area (Å²) in [4.78, 5) is 11.5. The normalized spacial score (nSPS) is 12.4. The van der Waals surface area contributed by atoms with Crippen LogP contribution in [0.5, 0.6) is 0 Å². The maximum atomic E-state index is 11.4. The molecule has 0 amide bonds.